The predicted molar refractivity (Wildman–Crippen MR) is 55.6 cm³/mol. The highest BCUT2D eigenvalue weighted by Crippen LogP contribution is 2.23. The van der Waals surface area contributed by atoms with E-state index in [1.807, 2.05) is 0 Å². The molecule has 1 saturated carbocycles. The second-order valence-corrected chi connectivity index (χ2v) is 4.10. The highest BCUT2D eigenvalue weighted by Gasteiger charge is 2.21. The van der Waals surface area contributed by atoms with Crippen LogP contribution in [-0.4, -0.2) is 29.7 Å². The third kappa shape index (κ3) is 4.67. The van der Waals surface area contributed by atoms with E-state index in [2.05, 4.69) is 10.6 Å². The molecule has 86 valence electrons. The fourth-order valence-electron chi connectivity index (χ4n) is 2.03. The maximum atomic E-state index is 10.8. The number of amides is 2. The van der Waals surface area contributed by atoms with Crippen LogP contribution in [0.1, 0.15) is 32.6 Å². The molecular formula is C10H18N2O3. The average molecular weight is 214 g/mol. The van der Waals surface area contributed by atoms with E-state index >= 15 is 0 Å². The van der Waals surface area contributed by atoms with Gasteiger partial charge in [0.05, 0.1) is 0 Å². The molecule has 1 fully saturated rings. The Bertz CT molecular complexity index is 235. The molecule has 0 aromatic carbocycles. The van der Waals surface area contributed by atoms with Gasteiger partial charge in [-0.25, -0.2) is 4.79 Å². The summed E-state index contributed by atoms with van der Waals surface area (Å²) in [6.07, 6.45) is 2.90. The maximum absolute atomic E-state index is 10.8. The highest BCUT2D eigenvalue weighted by atomic mass is 16.4. The van der Waals surface area contributed by atoms with E-state index in [0.717, 1.165) is 25.7 Å². The molecule has 3 N–H and O–H groups in total. The molecule has 0 radical (unpaired) electrons. The van der Waals surface area contributed by atoms with Crippen LogP contribution >= 0.6 is 0 Å². The van der Waals surface area contributed by atoms with E-state index < -0.39 is 6.09 Å². The third-order valence-electron chi connectivity index (χ3n) is 2.80. The molecule has 5 heteroatoms. The summed E-state index contributed by atoms with van der Waals surface area (Å²) in [5, 5.41) is 13.7. The fourth-order valence-corrected chi connectivity index (χ4v) is 2.03. The molecule has 1 aliphatic carbocycles. The van der Waals surface area contributed by atoms with Crippen LogP contribution in [0.3, 0.4) is 0 Å². The summed E-state index contributed by atoms with van der Waals surface area (Å²) in [7, 11) is 0. The summed E-state index contributed by atoms with van der Waals surface area (Å²) >= 11 is 0. The third-order valence-corrected chi connectivity index (χ3v) is 2.80. The van der Waals surface area contributed by atoms with Gasteiger partial charge in [-0.15, -0.1) is 0 Å². The Morgan fingerprint density at radius 3 is 2.33 bits per heavy atom. The molecule has 15 heavy (non-hydrogen) atoms. The molecule has 0 aromatic heterocycles. The van der Waals surface area contributed by atoms with Crippen molar-refractivity contribution in [3.63, 3.8) is 0 Å². The van der Waals surface area contributed by atoms with Gasteiger partial charge >= 0.3 is 6.09 Å². The van der Waals surface area contributed by atoms with E-state index in [1.54, 1.807) is 0 Å². The summed E-state index contributed by atoms with van der Waals surface area (Å²) in [6, 6.07) is 0.281. The van der Waals surface area contributed by atoms with E-state index in [-0.39, 0.29) is 11.9 Å². The van der Waals surface area contributed by atoms with Crippen LogP contribution in [0.5, 0.6) is 0 Å². The van der Waals surface area contributed by atoms with Gasteiger partial charge in [-0.1, -0.05) is 0 Å². The lowest BCUT2D eigenvalue weighted by atomic mass is 9.86. The van der Waals surface area contributed by atoms with Crippen molar-refractivity contribution in [1.29, 1.82) is 0 Å². The Hall–Kier alpha value is -1.26. The zero-order valence-electron chi connectivity index (χ0n) is 8.95. The van der Waals surface area contributed by atoms with E-state index in [4.69, 9.17) is 5.11 Å². The number of hydrogen-bond acceptors (Lipinski definition) is 2. The largest absolute Gasteiger partial charge is 0.465 e. The van der Waals surface area contributed by atoms with E-state index in [1.165, 1.54) is 6.92 Å². The number of rotatable bonds is 3. The van der Waals surface area contributed by atoms with Crippen molar-refractivity contribution in [3.8, 4) is 0 Å². The molecule has 0 aliphatic heterocycles. The lowest BCUT2D eigenvalue weighted by Crippen LogP contribution is -2.38. The molecule has 0 atom stereocenters. The van der Waals surface area contributed by atoms with Crippen molar-refractivity contribution in [2.24, 2.45) is 5.92 Å². The monoisotopic (exact) mass is 214 g/mol. The van der Waals surface area contributed by atoms with Crippen LogP contribution in [-0.2, 0) is 4.79 Å². The molecule has 1 aliphatic rings. The topological polar surface area (TPSA) is 78.4 Å². The van der Waals surface area contributed by atoms with Crippen LogP contribution < -0.4 is 10.6 Å². The summed E-state index contributed by atoms with van der Waals surface area (Å²) in [5.41, 5.74) is 0. The van der Waals surface area contributed by atoms with Gasteiger partial charge in [0.1, 0.15) is 0 Å². The molecule has 0 bridgehead atoms. The first-order valence-electron chi connectivity index (χ1n) is 5.32. The first kappa shape index (κ1) is 11.8. The van der Waals surface area contributed by atoms with Gasteiger partial charge in [0, 0.05) is 19.5 Å². The first-order valence-corrected chi connectivity index (χ1v) is 5.32. The number of carbonyl (C=O) groups excluding carboxylic acids is 1. The second kappa shape index (κ2) is 5.58. The standard InChI is InChI=1S/C10H18N2O3/c1-7(13)12-9-4-2-8(3-5-9)6-11-10(14)15/h8-9,11H,2-6H2,1H3,(H,12,13)(H,14,15). The maximum Gasteiger partial charge on any atom is 0.404 e. The van der Waals surface area contributed by atoms with Crippen LogP contribution in [0.25, 0.3) is 0 Å². The quantitative estimate of drug-likeness (QED) is 0.654. The zero-order valence-corrected chi connectivity index (χ0v) is 8.95. The van der Waals surface area contributed by atoms with Gasteiger partial charge < -0.3 is 15.7 Å². The average Bonchev–Trinajstić information content (AvgIpc) is 2.16. The Morgan fingerprint density at radius 1 is 1.27 bits per heavy atom. The van der Waals surface area contributed by atoms with Gasteiger partial charge in [-0.2, -0.15) is 0 Å². The minimum Gasteiger partial charge on any atom is -0.465 e. The van der Waals surface area contributed by atoms with Crippen molar-refractivity contribution < 1.29 is 14.7 Å². The van der Waals surface area contributed by atoms with Crippen LogP contribution in [0.15, 0.2) is 0 Å². The zero-order chi connectivity index (χ0) is 11.3. The first-order chi connectivity index (χ1) is 7.08. The molecule has 0 aromatic rings. The van der Waals surface area contributed by atoms with Gasteiger partial charge in [0.15, 0.2) is 0 Å². The molecule has 1 rings (SSSR count). The molecular weight excluding hydrogens is 196 g/mol. The normalized spacial score (nSPS) is 25.7. The smallest absolute Gasteiger partial charge is 0.404 e. The minimum absolute atomic E-state index is 0.0158. The van der Waals surface area contributed by atoms with Crippen molar-refractivity contribution in [3.05, 3.63) is 0 Å². The lowest BCUT2D eigenvalue weighted by molar-refractivity contribution is -0.119. The number of hydrogen-bond donors (Lipinski definition) is 3. The number of carboxylic acid groups (broad SMARTS) is 1. The minimum atomic E-state index is -0.959. The van der Waals surface area contributed by atoms with Crippen LogP contribution in [0, 0.1) is 5.92 Å². The van der Waals surface area contributed by atoms with Crippen molar-refractivity contribution >= 4 is 12.0 Å². The SMILES string of the molecule is CC(=O)NC1CCC(CNC(=O)O)CC1. The molecule has 0 saturated heterocycles. The number of carbonyl (C=O) groups is 2. The molecule has 5 nitrogen and oxygen atoms in total. The van der Waals surface area contributed by atoms with Crippen molar-refractivity contribution in [2.45, 2.75) is 38.6 Å². The summed E-state index contributed by atoms with van der Waals surface area (Å²) < 4.78 is 0. The van der Waals surface area contributed by atoms with Gasteiger partial charge in [-0.3, -0.25) is 4.79 Å². The fraction of sp³-hybridized carbons (Fsp3) is 0.800. The summed E-state index contributed by atoms with van der Waals surface area (Å²) in [4.78, 5) is 21.1. The Balaban J connectivity index is 2.18. The van der Waals surface area contributed by atoms with Crippen LogP contribution in [0.2, 0.25) is 0 Å². The molecule has 0 spiro atoms. The molecule has 0 unspecified atom stereocenters. The van der Waals surface area contributed by atoms with Gasteiger partial charge in [-0.05, 0) is 31.6 Å². The summed E-state index contributed by atoms with van der Waals surface area (Å²) in [6.45, 7) is 2.06. The number of nitrogens with one attached hydrogen (secondary N) is 2. The Morgan fingerprint density at radius 2 is 1.87 bits per heavy atom. The molecule has 0 heterocycles. The van der Waals surface area contributed by atoms with Gasteiger partial charge in [0.2, 0.25) is 5.91 Å². The molecule has 2 amide bonds. The Labute approximate surface area is 89.2 Å². The van der Waals surface area contributed by atoms with Gasteiger partial charge in [0.25, 0.3) is 0 Å². The van der Waals surface area contributed by atoms with E-state index in [9.17, 15) is 9.59 Å². The Kier molecular flexibility index (Phi) is 4.39. The van der Waals surface area contributed by atoms with Crippen molar-refractivity contribution in [2.75, 3.05) is 6.54 Å². The van der Waals surface area contributed by atoms with Crippen LogP contribution in [0.4, 0.5) is 4.79 Å². The summed E-state index contributed by atoms with van der Waals surface area (Å²) in [5.74, 6) is 0.438. The second-order valence-electron chi connectivity index (χ2n) is 4.10. The predicted octanol–water partition coefficient (Wildman–Crippen LogP) is 0.949. The highest BCUT2D eigenvalue weighted by molar-refractivity contribution is 5.73. The van der Waals surface area contributed by atoms with Crippen molar-refractivity contribution in [1.82, 2.24) is 10.6 Å². The lowest BCUT2D eigenvalue weighted by Gasteiger charge is -2.28. The van der Waals surface area contributed by atoms with E-state index in [0.29, 0.717) is 12.5 Å².